The van der Waals surface area contributed by atoms with Crippen LogP contribution in [0.4, 0.5) is 0 Å². The lowest BCUT2D eigenvalue weighted by atomic mass is 10.0. The fraction of sp³-hybridized carbons (Fsp3) is 0.350. The van der Waals surface area contributed by atoms with Crippen LogP contribution in [0.25, 0.3) is 11.1 Å². The Hall–Kier alpha value is -2.33. The van der Waals surface area contributed by atoms with E-state index in [2.05, 4.69) is 5.32 Å². The Morgan fingerprint density at radius 1 is 1.17 bits per heavy atom. The number of ether oxygens (including phenoxy) is 2. The molecule has 0 aliphatic carbocycles. The van der Waals surface area contributed by atoms with Crippen molar-refractivity contribution in [3.8, 4) is 16.9 Å². The number of para-hydroxylation sites is 1. The predicted molar refractivity (Wildman–Crippen MR) is 94.0 cm³/mol. The molecule has 1 aliphatic rings. The lowest BCUT2D eigenvalue weighted by molar-refractivity contribution is -0.128. The summed E-state index contributed by atoms with van der Waals surface area (Å²) in [5.74, 6) is 0.611. The smallest absolute Gasteiger partial charge is 0.261 e. The van der Waals surface area contributed by atoms with Crippen molar-refractivity contribution < 1.29 is 14.3 Å². The molecule has 4 nitrogen and oxygen atoms in total. The van der Waals surface area contributed by atoms with Gasteiger partial charge in [0, 0.05) is 12.2 Å². The van der Waals surface area contributed by atoms with Crippen molar-refractivity contribution in [2.45, 2.75) is 31.9 Å². The zero-order valence-electron chi connectivity index (χ0n) is 13.9. The van der Waals surface area contributed by atoms with Gasteiger partial charge in [0.2, 0.25) is 0 Å². The largest absolute Gasteiger partial charge is 0.480 e. The summed E-state index contributed by atoms with van der Waals surface area (Å²) in [7, 11) is 0. The lowest BCUT2D eigenvalue weighted by Gasteiger charge is -2.25. The Balaban J connectivity index is 1.68. The van der Waals surface area contributed by atoms with Gasteiger partial charge in [-0.1, -0.05) is 48.5 Å². The molecule has 0 bridgehead atoms. The summed E-state index contributed by atoms with van der Waals surface area (Å²) in [5, 5.41) is 3.01. The molecule has 1 heterocycles. The van der Waals surface area contributed by atoms with E-state index >= 15 is 0 Å². The lowest BCUT2D eigenvalue weighted by Crippen LogP contribution is -2.46. The summed E-state index contributed by atoms with van der Waals surface area (Å²) >= 11 is 0. The number of hydrogen-bond acceptors (Lipinski definition) is 3. The van der Waals surface area contributed by atoms with Gasteiger partial charge in [-0.15, -0.1) is 0 Å². The normalized spacial score (nSPS) is 18.6. The molecule has 0 aromatic heterocycles. The highest BCUT2D eigenvalue weighted by molar-refractivity contribution is 5.81. The molecule has 0 unspecified atom stereocenters. The zero-order valence-corrected chi connectivity index (χ0v) is 13.9. The van der Waals surface area contributed by atoms with E-state index in [0.717, 1.165) is 30.6 Å². The van der Waals surface area contributed by atoms with Crippen molar-refractivity contribution in [2.24, 2.45) is 0 Å². The van der Waals surface area contributed by atoms with E-state index in [1.165, 1.54) is 0 Å². The highest BCUT2D eigenvalue weighted by Gasteiger charge is 2.21. The van der Waals surface area contributed by atoms with Crippen LogP contribution in [0.1, 0.15) is 19.8 Å². The summed E-state index contributed by atoms with van der Waals surface area (Å²) in [5.41, 5.74) is 2.06. The van der Waals surface area contributed by atoms with Crippen LogP contribution in [0.2, 0.25) is 0 Å². The van der Waals surface area contributed by atoms with Gasteiger partial charge in [-0.05, 0) is 31.4 Å². The van der Waals surface area contributed by atoms with Crippen LogP contribution in [0.5, 0.6) is 5.75 Å². The van der Waals surface area contributed by atoms with Crippen molar-refractivity contribution in [3.63, 3.8) is 0 Å². The number of carbonyl (C=O) groups excluding carboxylic acids is 1. The van der Waals surface area contributed by atoms with E-state index in [-0.39, 0.29) is 11.9 Å². The number of nitrogens with one attached hydrogen (secondary N) is 1. The molecule has 2 aromatic carbocycles. The van der Waals surface area contributed by atoms with Gasteiger partial charge in [-0.25, -0.2) is 0 Å². The molecular weight excluding hydrogens is 302 g/mol. The van der Waals surface area contributed by atoms with Gasteiger partial charge in [0.25, 0.3) is 5.91 Å². The first-order valence-electron chi connectivity index (χ1n) is 8.43. The number of rotatable bonds is 5. The van der Waals surface area contributed by atoms with Crippen molar-refractivity contribution in [3.05, 3.63) is 54.6 Å². The number of carbonyl (C=O) groups is 1. The van der Waals surface area contributed by atoms with Crippen molar-refractivity contribution >= 4 is 5.91 Å². The van der Waals surface area contributed by atoms with Crippen LogP contribution in [-0.4, -0.2) is 31.3 Å². The molecule has 2 atom stereocenters. The maximum Gasteiger partial charge on any atom is 0.261 e. The molecule has 3 rings (SSSR count). The molecule has 1 N–H and O–H groups in total. The summed E-state index contributed by atoms with van der Waals surface area (Å²) in [6, 6.07) is 17.9. The number of amides is 1. The molecule has 0 radical (unpaired) electrons. The van der Waals surface area contributed by atoms with Gasteiger partial charge < -0.3 is 14.8 Å². The van der Waals surface area contributed by atoms with Gasteiger partial charge in [0.1, 0.15) is 5.75 Å². The number of hydrogen-bond donors (Lipinski definition) is 1. The first-order valence-corrected chi connectivity index (χ1v) is 8.43. The third-order valence-electron chi connectivity index (χ3n) is 4.15. The second-order valence-electron chi connectivity index (χ2n) is 6.04. The van der Waals surface area contributed by atoms with Crippen LogP contribution in [0, 0.1) is 0 Å². The summed E-state index contributed by atoms with van der Waals surface area (Å²) in [6.07, 6.45) is 1.38. The maximum atomic E-state index is 12.4. The van der Waals surface area contributed by atoms with Crippen LogP contribution in [0.3, 0.4) is 0 Å². The molecular formula is C20H23NO3. The van der Waals surface area contributed by atoms with Crippen molar-refractivity contribution in [1.29, 1.82) is 0 Å². The highest BCUT2D eigenvalue weighted by atomic mass is 16.5. The van der Waals surface area contributed by atoms with E-state index in [4.69, 9.17) is 9.47 Å². The van der Waals surface area contributed by atoms with Crippen LogP contribution >= 0.6 is 0 Å². The van der Waals surface area contributed by atoms with Gasteiger partial charge in [0.15, 0.2) is 6.10 Å². The van der Waals surface area contributed by atoms with Crippen LogP contribution in [-0.2, 0) is 9.53 Å². The fourth-order valence-corrected chi connectivity index (χ4v) is 2.84. The van der Waals surface area contributed by atoms with Crippen molar-refractivity contribution in [1.82, 2.24) is 5.32 Å². The average Bonchev–Trinajstić information content (AvgIpc) is 2.63. The molecule has 0 saturated carbocycles. The van der Waals surface area contributed by atoms with Crippen molar-refractivity contribution in [2.75, 3.05) is 13.2 Å². The van der Waals surface area contributed by atoms with E-state index in [9.17, 15) is 4.79 Å². The minimum Gasteiger partial charge on any atom is -0.480 e. The maximum absolute atomic E-state index is 12.4. The SMILES string of the molecule is C[C@@H](Oc1ccccc1-c1ccccc1)C(=O)N[C@H]1CCCOC1. The standard InChI is InChI=1S/C20H23NO3/c1-15(20(22)21-17-10-7-13-23-14-17)24-19-12-6-5-11-18(19)16-8-3-2-4-9-16/h2-6,8-9,11-12,15,17H,7,10,13-14H2,1H3,(H,21,22)/t15-,17+/m1/s1. The van der Waals surface area contributed by atoms with Crippen LogP contribution in [0.15, 0.2) is 54.6 Å². The predicted octanol–water partition coefficient (Wildman–Crippen LogP) is 3.42. The van der Waals surface area contributed by atoms with E-state index in [1.54, 1.807) is 6.92 Å². The second kappa shape index (κ2) is 7.97. The molecule has 0 spiro atoms. The Morgan fingerprint density at radius 3 is 2.67 bits per heavy atom. The van der Waals surface area contributed by atoms with Crippen LogP contribution < -0.4 is 10.1 Å². The molecule has 2 aromatic rings. The topological polar surface area (TPSA) is 47.6 Å². The summed E-state index contributed by atoms with van der Waals surface area (Å²) in [4.78, 5) is 12.4. The summed E-state index contributed by atoms with van der Waals surface area (Å²) in [6.45, 7) is 3.14. The third kappa shape index (κ3) is 4.15. The fourth-order valence-electron chi connectivity index (χ4n) is 2.84. The Bertz CT molecular complexity index is 666. The second-order valence-corrected chi connectivity index (χ2v) is 6.04. The molecule has 4 heteroatoms. The quantitative estimate of drug-likeness (QED) is 0.916. The Kier molecular flexibility index (Phi) is 5.49. The Labute approximate surface area is 142 Å². The van der Waals surface area contributed by atoms with E-state index in [1.807, 2.05) is 54.6 Å². The van der Waals surface area contributed by atoms with Gasteiger partial charge in [-0.2, -0.15) is 0 Å². The van der Waals surface area contributed by atoms with E-state index in [0.29, 0.717) is 12.4 Å². The minimum atomic E-state index is -0.559. The van der Waals surface area contributed by atoms with Gasteiger partial charge >= 0.3 is 0 Å². The zero-order chi connectivity index (χ0) is 16.8. The van der Waals surface area contributed by atoms with Gasteiger partial charge in [-0.3, -0.25) is 4.79 Å². The number of benzene rings is 2. The molecule has 1 saturated heterocycles. The third-order valence-corrected chi connectivity index (χ3v) is 4.15. The molecule has 24 heavy (non-hydrogen) atoms. The first kappa shape index (κ1) is 16.5. The summed E-state index contributed by atoms with van der Waals surface area (Å²) < 4.78 is 11.4. The van der Waals surface area contributed by atoms with Gasteiger partial charge in [0.05, 0.1) is 12.6 Å². The molecule has 1 fully saturated rings. The molecule has 1 amide bonds. The molecule has 126 valence electrons. The average molecular weight is 325 g/mol. The van der Waals surface area contributed by atoms with E-state index < -0.39 is 6.10 Å². The Morgan fingerprint density at radius 2 is 1.92 bits per heavy atom. The minimum absolute atomic E-state index is 0.0849. The highest BCUT2D eigenvalue weighted by Crippen LogP contribution is 2.30. The first-order chi connectivity index (χ1) is 11.7. The monoisotopic (exact) mass is 325 g/mol. The molecule has 1 aliphatic heterocycles.